The Hall–Kier alpha value is -2.91. The SMILES string of the molecule is O=C(Nc1cnccc1OCC1CCNCC1)c1csc(-c2c(F)cccc2F)n1. The largest absolute Gasteiger partial charge is 0.491 e. The van der Waals surface area contributed by atoms with E-state index in [9.17, 15) is 13.6 Å². The highest BCUT2D eigenvalue weighted by Crippen LogP contribution is 2.30. The van der Waals surface area contributed by atoms with E-state index in [0.29, 0.717) is 24.0 Å². The summed E-state index contributed by atoms with van der Waals surface area (Å²) in [6.45, 7) is 2.51. The lowest BCUT2D eigenvalue weighted by Gasteiger charge is -2.23. The molecule has 0 spiro atoms. The van der Waals surface area contributed by atoms with Crippen LogP contribution in [-0.4, -0.2) is 35.6 Å². The number of nitrogens with one attached hydrogen (secondary N) is 2. The van der Waals surface area contributed by atoms with Crippen LogP contribution in [0.4, 0.5) is 14.5 Å². The standard InChI is InChI=1S/C21H20F2N4O2S/c22-14-2-1-3-15(23)19(14)21-27-17(12-30-21)20(28)26-16-10-25-9-6-18(16)29-11-13-4-7-24-8-5-13/h1-3,6,9-10,12-13,24H,4-5,7-8,11H2,(H,26,28). The molecule has 4 rings (SSSR count). The van der Waals surface area contributed by atoms with E-state index < -0.39 is 17.5 Å². The number of halogens is 2. The molecule has 1 aliphatic heterocycles. The van der Waals surface area contributed by atoms with Crippen molar-refractivity contribution in [1.29, 1.82) is 0 Å². The topological polar surface area (TPSA) is 76.1 Å². The van der Waals surface area contributed by atoms with Crippen molar-refractivity contribution >= 4 is 22.9 Å². The van der Waals surface area contributed by atoms with Crippen molar-refractivity contribution in [1.82, 2.24) is 15.3 Å². The molecule has 0 atom stereocenters. The van der Waals surface area contributed by atoms with Gasteiger partial charge in [-0.3, -0.25) is 9.78 Å². The number of rotatable bonds is 6. The molecule has 6 nitrogen and oxygen atoms in total. The highest BCUT2D eigenvalue weighted by molar-refractivity contribution is 7.13. The second-order valence-corrected chi connectivity index (χ2v) is 7.82. The number of anilines is 1. The number of hydrogen-bond donors (Lipinski definition) is 2. The van der Waals surface area contributed by atoms with Crippen LogP contribution < -0.4 is 15.4 Å². The van der Waals surface area contributed by atoms with Crippen LogP contribution in [0.15, 0.2) is 42.0 Å². The Morgan fingerprint density at radius 2 is 2.00 bits per heavy atom. The molecular weight excluding hydrogens is 410 g/mol. The lowest BCUT2D eigenvalue weighted by molar-refractivity contribution is 0.102. The molecule has 3 aromatic rings. The van der Waals surface area contributed by atoms with Crippen LogP contribution in [-0.2, 0) is 0 Å². The summed E-state index contributed by atoms with van der Waals surface area (Å²) in [5.41, 5.74) is 0.239. The van der Waals surface area contributed by atoms with Crippen LogP contribution in [0, 0.1) is 17.6 Å². The molecule has 1 aromatic carbocycles. The molecule has 0 aliphatic carbocycles. The Labute approximate surface area is 176 Å². The number of piperidine rings is 1. The Balaban J connectivity index is 1.46. The van der Waals surface area contributed by atoms with Gasteiger partial charge in [-0.15, -0.1) is 11.3 Å². The minimum atomic E-state index is -0.725. The number of amides is 1. The number of thiazole rings is 1. The van der Waals surface area contributed by atoms with E-state index in [1.807, 2.05) is 0 Å². The Morgan fingerprint density at radius 3 is 2.77 bits per heavy atom. The molecule has 2 aromatic heterocycles. The van der Waals surface area contributed by atoms with Crippen LogP contribution in [0.25, 0.3) is 10.6 Å². The zero-order chi connectivity index (χ0) is 20.9. The van der Waals surface area contributed by atoms with Gasteiger partial charge in [-0.2, -0.15) is 0 Å². The lowest BCUT2D eigenvalue weighted by atomic mass is 9.99. The second kappa shape index (κ2) is 9.27. The molecule has 0 radical (unpaired) electrons. The van der Waals surface area contributed by atoms with Gasteiger partial charge in [-0.1, -0.05) is 6.07 Å². The van der Waals surface area contributed by atoms with Crippen LogP contribution in [0.3, 0.4) is 0 Å². The summed E-state index contributed by atoms with van der Waals surface area (Å²) in [6.07, 6.45) is 5.18. The monoisotopic (exact) mass is 430 g/mol. The number of pyridine rings is 1. The maximum absolute atomic E-state index is 14.0. The van der Waals surface area contributed by atoms with Crippen molar-refractivity contribution in [3.05, 3.63) is 59.4 Å². The smallest absolute Gasteiger partial charge is 0.275 e. The number of ether oxygens (including phenoxy) is 1. The number of carbonyl (C=O) groups excluding carboxylic acids is 1. The maximum atomic E-state index is 14.0. The first-order chi connectivity index (χ1) is 14.6. The summed E-state index contributed by atoms with van der Waals surface area (Å²) >= 11 is 0.998. The van der Waals surface area contributed by atoms with E-state index >= 15 is 0 Å². The highest BCUT2D eigenvalue weighted by atomic mass is 32.1. The maximum Gasteiger partial charge on any atom is 0.275 e. The molecule has 0 unspecified atom stereocenters. The third-order valence-electron chi connectivity index (χ3n) is 4.88. The fraction of sp³-hybridized carbons (Fsp3) is 0.286. The fourth-order valence-corrected chi connectivity index (χ4v) is 4.09. The number of hydrogen-bond acceptors (Lipinski definition) is 6. The summed E-state index contributed by atoms with van der Waals surface area (Å²) in [5, 5.41) is 7.60. The van der Waals surface area contributed by atoms with Gasteiger partial charge in [0.15, 0.2) is 0 Å². The van der Waals surface area contributed by atoms with Crippen LogP contribution >= 0.6 is 11.3 Å². The first-order valence-electron chi connectivity index (χ1n) is 9.60. The lowest BCUT2D eigenvalue weighted by Crippen LogP contribution is -2.30. The summed E-state index contributed by atoms with van der Waals surface area (Å²) in [5.74, 6) is -0.976. The van der Waals surface area contributed by atoms with Crippen molar-refractivity contribution < 1.29 is 18.3 Å². The van der Waals surface area contributed by atoms with Gasteiger partial charge < -0.3 is 15.4 Å². The molecule has 1 amide bonds. The van der Waals surface area contributed by atoms with Crippen molar-refractivity contribution in [3.63, 3.8) is 0 Å². The average Bonchev–Trinajstić information content (AvgIpc) is 3.24. The third-order valence-corrected chi connectivity index (χ3v) is 5.74. The molecule has 1 aliphatic rings. The quantitative estimate of drug-likeness (QED) is 0.616. The predicted octanol–water partition coefficient (Wildman–Crippen LogP) is 4.11. The third kappa shape index (κ3) is 4.63. The fourth-order valence-electron chi connectivity index (χ4n) is 3.24. The number of carbonyl (C=O) groups is 1. The van der Waals surface area contributed by atoms with Gasteiger partial charge in [-0.05, 0) is 44.0 Å². The van der Waals surface area contributed by atoms with Crippen molar-refractivity contribution in [2.45, 2.75) is 12.8 Å². The van der Waals surface area contributed by atoms with Gasteiger partial charge in [0.2, 0.25) is 0 Å². The van der Waals surface area contributed by atoms with Crippen molar-refractivity contribution in [2.75, 3.05) is 25.0 Å². The Kier molecular flexibility index (Phi) is 6.29. The van der Waals surface area contributed by atoms with E-state index in [0.717, 1.165) is 49.4 Å². The Morgan fingerprint density at radius 1 is 1.23 bits per heavy atom. The molecule has 3 heterocycles. The van der Waals surface area contributed by atoms with Gasteiger partial charge in [-0.25, -0.2) is 13.8 Å². The van der Waals surface area contributed by atoms with E-state index in [2.05, 4.69) is 20.6 Å². The van der Waals surface area contributed by atoms with Gasteiger partial charge in [0.25, 0.3) is 5.91 Å². The molecule has 0 bridgehead atoms. The summed E-state index contributed by atoms with van der Waals surface area (Å²) in [7, 11) is 0. The molecule has 1 fully saturated rings. The van der Waals surface area contributed by atoms with Gasteiger partial charge >= 0.3 is 0 Å². The van der Waals surface area contributed by atoms with E-state index in [1.54, 1.807) is 12.3 Å². The first-order valence-corrected chi connectivity index (χ1v) is 10.5. The molecule has 30 heavy (non-hydrogen) atoms. The predicted molar refractivity (Wildman–Crippen MR) is 111 cm³/mol. The van der Waals surface area contributed by atoms with E-state index in [4.69, 9.17) is 4.74 Å². The van der Waals surface area contributed by atoms with Gasteiger partial charge in [0, 0.05) is 17.6 Å². The zero-order valence-corrected chi connectivity index (χ0v) is 16.8. The van der Waals surface area contributed by atoms with Crippen molar-refractivity contribution in [2.24, 2.45) is 5.92 Å². The van der Waals surface area contributed by atoms with Crippen molar-refractivity contribution in [3.8, 4) is 16.3 Å². The summed E-state index contributed by atoms with van der Waals surface area (Å²) in [4.78, 5) is 20.8. The number of benzene rings is 1. The zero-order valence-electron chi connectivity index (χ0n) is 16.0. The molecule has 156 valence electrons. The van der Waals surface area contributed by atoms with Crippen LogP contribution in [0.2, 0.25) is 0 Å². The van der Waals surface area contributed by atoms with Gasteiger partial charge in [0.05, 0.1) is 18.4 Å². The molecule has 1 saturated heterocycles. The number of aromatic nitrogens is 2. The molecule has 9 heteroatoms. The van der Waals surface area contributed by atoms with Crippen LogP contribution in [0.5, 0.6) is 5.75 Å². The summed E-state index contributed by atoms with van der Waals surface area (Å²) in [6, 6.07) is 5.28. The van der Waals surface area contributed by atoms with E-state index in [1.165, 1.54) is 17.6 Å². The molecule has 2 N–H and O–H groups in total. The normalized spacial score (nSPS) is 14.5. The minimum absolute atomic E-state index is 0.0609. The molecular formula is C21H20F2N4O2S. The average molecular weight is 430 g/mol. The molecule has 0 saturated carbocycles. The van der Waals surface area contributed by atoms with Crippen LogP contribution in [0.1, 0.15) is 23.3 Å². The first kappa shape index (κ1) is 20.4. The summed E-state index contributed by atoms with van der Waals surface area (Å²) < 4.78 is 33.9. The highest BCUT2D eigenvalue weighted by Gasteiger charge is 2.19. The Bertz CT molecular complexity index is 1020. The van der Waals surface area contributed by atoms with E-state index in [-0.39, 0.29) is 16.3 Å². The second-order valence-electron chi connectivity index (χ2n) is 6.96. The minimum Gasteiger partial charge on any atom is -0.491 e. The number of nitrogens with zero attached hydrogens (tertiary/aromatic N) is 2. The van der Waals surface area contributed by atoms with Gasteiger partial charge in [0.1, 0.15) is 33.8 Å².